The summed E-state index contributed by atoms with van der Waals surface area (Å²) in [6, 6.07) is 5.51. The number of nitrogen functional groups attached to an aromatic ring is 1. The van der Waals surface area contributed by atoms with Gasteiger partial charge in [-0.05, 0) is 25.0 Å². The number of aryl methyl sites for hydroxylation is 1. The average molecular weight is 245 g/mol. The summed E-state index contributed by atoms with van der Waals surface area (Å²) in [5, 5.41) is 0.262. The van der Waals surface area contributed by atoms with Crippen molar-refractivity contribution >= 4 is 17.5 Å². The van der Waals surface area contributed by atoms with Gasteiger partial charge < -0.3 is 5.73 Å². The maximum Gasteiger partial charge on any atom is 0.221 e. The molecule has 0 saturated carbocycles. The highest BCUT2D eigenvalue weighted by Gasteiger charge is 2.05. The van der Waals surface area contributed by atoms with Gasteiger partial charge in [0.1, 0.15) is 5.69 Å². The molecular weight excluding hydrogens is 236 g/mol. The summed E-state index contributed by atoms with van der Waals surface area (Å²) in [5.41, 5.74) is 7.37. The highest BCUT2D eigenvalue weighted by atomic mass is 35.5. The van der Waals surface area contributed by atoms with Crippen LogP contribution in [0.15, 0.2) is 24.4 Å². The molecule has 84 valence electrons. The number of anilines is 1. The van der Waals surface area contributed by atoms with Gasteiger partial charge in [0.25, 0.3) is 0 Å². The number of hydrogen-bond donors (Lipinski definition) is 1. The minimum Gasteiger partial charge on any atom is -0.368 e. The Labute approximate surface area is 104 Å². The predicted molar refractivity (Wildman–Crippen MR) is 66.4 cm³/mol. The molecule has 0 aliphatic rings. The number of hydrogen-bond acceptors (Lipinski definition) is 4. The van der Waals surface area contributed by atoms with E-state index in [1.54, 1.807) is 13.1 Å². The van der Waals surface area contributed by atoms with Crippen molar-refractivity contribution in [1.29, 1.82) is 0 Å². The van der Waals surface area contributed by atoms with Crippen LogP contribution in [0.1, 0.15) is 17.0 Å². The maximum absolute atomic E-state index is 5.95. The Morgan fingerprint density at radius 1 is 1.24 bits per heavy atom. The maximum atomic E-state index is 5.95. The van der Waals surface area contributed by atoms with Gasteiger partial charge in [-0.1, -0.05) is 23.6 Å². The second kappa shape index (κ2) is 4.81. The lowest BCUT2D eigenvalue weighted by Gasteiger charge is -2.00. The van der Waals surface area contributed by atoms with Crippen molar-refractivity contribution in [3.63, 3.8) is 0 Å². The molecule has 2 aromatic heterocycles. The average Bonchev–Trinajstić information content (AvgIpc) is 2.29. The lowest BCUT2D eigenvalue weighted by molar-refractivity contribution is 1.11. The molecule has 4 nitrogen and oxygen atoms in total. The predicted octanol–water partition coefficient (Wildman–Crippen LogP) is 1.82. The summed E-state index contributed by atoms with van der Waals surface area (Å²) >= 11 is 5.95. The molecule has 0 atom stereocenters. The zero-order valence-corrected chi connectivity index (χ0v) is 9.86. The van der Waals surface area contributed by atoms with Crippen LogP contribution in [-0.2, 0) is 0 Å². The molecule has 2 rings (SSSR count). The first-order chi connectivity index (χ1) is 8.16. The van der Waals surface area contributed by atoms with Crippen LogP contribution in [0.4, 0.5) is 5.95 Å². The molecule has 2 aromatic rings. The highest BCUT2D eigenvalue weighted by Crippen LogP contribution is 2.15. The van der Waals surface area contributed by atoms with Gasteiger partial charge in [-0.25, -0.2) is 9.97 Å². The van der Waals surface area contributed by atoms with Crippen molar-refractivity contribution in [1.82, 2.24) is 15.0 Å². The molecule has 0 fully saturated rings. The number of halogens is 1. The van der Waals surface area contributed by atoms with E-state index in [9.17, 15) is 0 Å². The van der Waals surface area contributed by atoms with Gasteiger partial charge in [-0.2, -0.15) is 4.98 Å². The Morgan fingerprint density at radius 2 is 2.06 bits per heavy atom. The first-order valence-corrected chi connectivity index (χ1v) is 5.27. The molecule has 0 amide bonds. The number of rotatable bonds is 0. The van der Waals surface area contributed by atoms with Gasteiger partial charge in [0.15, 0.2) is 5.15 Å². The van der Waals surface area contributed by atoms with E-state index in [0.29, 0.717) is 17.0 Å². The normalized spacial score (nSPS) is 9.53. The molecule has 0 aliphatic carbocycles. The Morgan fingerprint density at radius 3 is 2.71 bits per heavy atom. The molecule has 0 radical (unpaired) electrons. The second-order valence-corrected chi connectivity index (χ2v) is 3.66. The molecule has 0 saturated heterocycles. The molecule has 0 unspecified atom stereocenters. The van der Waals surface area contributed by atoms with Crippen LogP contribution in [-0.4, -0.2) is 15.0 Å². The van der Waals surface area contributed by atoms with E-state index in [-0.39, 0.29) is 11.1 Å². The fraction of sp³-hybridized carbons (Fsp3) is 0.0833. The summed E-state index contributed by atoms with van der Waals surface area (Å²) in [4.78, 5) is 12.0. The van der Waals surface area contributed by atoms with Gasteiger partial charge in [0.05, 0.1) is 11.3 Å². The molecule has 0 bridgehead atoms. The van der Waals surface area contributed by atoms with E-state index in [4.69, 9.17) is 17.3 Å². The molecule has 5 heteroatoms. The smallest absolute Gasteiger partial charge is 0.221 e. The molecular formula is C12H9ClN4. The third kappa shape index (κ3) is 2.71. The summed E-state index contributed by atoms with van der Waals surface area (Å²) in [7, 11) is 0. The van der Waals surface area contributed by atoms with Crippen LogP contribution < -0.4 is 5.73 Å². The molecule has 2 N–H and O–H groups in total. The minimum absolute atomic E-state index is 0.149. The van der Waals surface area contributed by atoms with Crippen molar-refractivity contribution < 1.29 is 0 Å². The third-order valence-corrected chi connectivity index (χ3v) is 2.32. The van der Waals surface area contributed by atoms with Gasteiger partial charge in [0, 0.05) is 6.20 Å². The second-order valence-electron chi connectivity index (χ2n) is 3.30. The summed E-state index contributed by atoms with van der Waals surface area (Å²) in [5.74, 6) is 5.94. The molecule has 17 heavy (non-hydrogen) atoms. The van der Waals surface area contributed by atoms with Gasteiger partial charge in [-0.3, -0.25) is 0 Å². The summed E-state index contributed by atoms with van der Waals surface area (Å²) < 4.78 is 0. The molecule has 0 aromatic carbocycles. The standard InChI is InChI=1S/C12H9ClN4/c1-8-10(11(13)17-12(14)16-8)6-5-9-4-2-3-7-15-9/h2-4,7H,1H3,(H2,14,16,17). The summed E-state index contributed by atoms with van der Waals surface area (Å²) in [6.07, 6.45) is 1.68. The fourth-order valence-corrected chi connectivity index (χ4v) is 1.53. The minimum atomic E-state index is 0.149. The van der Waals surface area contributed by atoms with Crippen LogP contribution in [0.5, 0.6) is 0 Å². The van der Waals surface area contributed by atoms with Gasteiger partial charge >= 0.3 is 0 Å². The Kier molecular flexibility index (Phi) is 3.22. The number of nitrogens with two attached hydrogens (primary N) is 1. The van der Waals surface area contributed by atoms with Crippen molar-refractivity contribution in [2.75, 3.05) is 5.73 Å². The summed E-state index contributed by atoms with van der Waals surface area (Å²) in [6.45, 7) is 1.78. The SMILES string of the molecule is Cc1nc(N)nc(Cl)c1C#Cc1ccccn1. The molecule has 0 aliphatic heterocycles. The largest absolute Gasteiger partial charge is 0.368 e. The Bertz CT molecular complexity index is 576. The molecule has 0 spiro atoms. The van der Waals surface area contributed by atoms with E-state index < -0.39 is 0 Å². The number of pyridine rings is 1. The van der Waals surface area contributed by atoms with E-state index in [1.807, 2.05) is 18.2 Å². The monoisotopic (exact) mass is 244 g/mol. The zero-order chi connectivity index (χ0) is 12.3. The topological polar surface area (TPSA) is 64.7 Å². The van der Waals surface area contributed by atoms with E-state index in [2.05, 4.69) is 26.8 Å². The quantitative estimate of drug-likeness (QED) is 0.567. The lowest BCUT2D eigenvalue weighted by Crippen LogP contribution is -2.00. The van der Waals surface area contributed by atoms with Gasteiger partial charge in [0.2, 0.25) is 5.95 Å². The fourth-order valence-electron chi connectivity index (χ4n) is 1.26. The third-order valence-electron chi connectivity index (χ3n) is 2.04. The highest BCUT2D eigenvalue weighted by molar-refractivity contribution is 6.30. The Balaban J connectivity index is 2.41. The van der Waals surface area contributed by atoms with Crippen LogP contribution >= 0.6 is 11.6 Å². The van der Waals surface area contributed by atoms with Crippen molar-refractivity contribution in [3.8, 4) is 11.8 Å². The van der Waals surface area contributed by atoms with E-state index in [1.165, 1.54) is 0 Å². The number of nitrogens with zero attached hydrogens (tertiary/aromatic N) is 3. The van der Waals surface area contributed by atoms with Crippen molar-refractivity contribution in [2.24, 2.45) is 0 Å². The van der Waals surface area contributed by atoms with Crippen LogP contribution in [0.3, 0.4) is 0 Å². The first kappa shape index (κ1) is 11.4. The first-order valence-electron chi connectivity index (χ1n) is 4.89. The van der Waals surface area contributed by atoms with Crippen LogP contribution in [0.25, 0.3) is 0 Å². The zero-order valence-electron chi connectivity index (χ0n) is 9.11. The van der Waals surface area contributed by atoms with Crippen molar-refractivity contribution in [3.05, 3.63) is 46.5 Å². The lowest BCUT2D eigenvalue weighted by atomic mass is 10.2. The van der Waals surface area contributed by atoms with Gasteiger partial charge in [-0.15, -0.1) is 0 Å². The van der Waals surface area contributed by atoms with Crippen molar-refractivity contribution in [2.45, 2.75) is 6.92 Å². The van der Waals surface area contributed by atoms with E-state index in [0.717, 1.165) is 0 Å². The van der Waals surface area contributed by atoms with E-state index >= 15 is 0 Å². The van der Waals surface area contributed by atoms with Crippen LogP contribution in [0, 0.1) is 18.8 Å². The number of aromatic nitrogens is 3. The van der Waals surface area contributed by atoms with Crippen LogP contribution in [0.2, 0.25) is 5.15 Å². The Hall–Kier alpha value is -2.12. The molecule has 2 heterocycles.